The number of carbonyl (C=O) groups is 2. The number of amides is 1. The van der Waals surface area contributed by atoms with Crippen molar-refractivity contribution in [1.82, 2.24) is 4.90 Å². The maximum Gasteiger partial charge on any atom is 0.325 e. The van der Waals surface area contributed by atoms with Crippen molar-refractivity contribution in [2.24, 2.45) is 0 Å². The van der Waals surface area contributed by atoms with Gasteiger partial charge in [0, 0.05) is 12.2 Å². The number of rotatable bonds is 4. The molecular formula is C18H17FN2O3. The Kier molecular flexibility index (Phi) is 4.74. The van der Waals surface area contributed by atoms with Crippen LogP contribution in [-0.2, 0) is 27.5 Å². The fraction of sp³-hybridized carbons (Fsp3) is 0.222. The number of carbonyl (C=O) groups excluding carboxylic acids is 2. The van der Waals surface area contributed by atoms with Crippen molar-refractivity contribution in [1.29, 1.82) is 0 Å². The van der Waals surface area contributed by atoms with E-state index in [1.54, 1.807) is 6.07 Å². The maximum absolute atomic E-state index is 13.4. The molecule has 124 valence electrons. The van der Waals surface area contributed by atoms with E-state index in [0.717, 1.165) is 5.56 Å². The Hall–Kier alpha value is -2.89. The molecule has 0 spiro atoms. The normalized spacial score (nSPS) is 13.7. The zero-order valence-electron chi connectivity index (χ0n) is 13.0. The van der Waals surface area contributed by atoms with E-state index in [2.05, 4.69) is 5.32 Å². The molecule has 5 nitrogen and oxygen atoms in total. The van der Waals surface area contributed by atoms with Crippen LogP contribution in [0.3, 0.4) is 0 Å². The molecule has 0 radical (unpaired) electrons. The number of hydrogen-bond donors (Lipinski definition) is 1. The van der Waals surface area contributed by atoms with Crippen molar-refractivity contribution in [2.75, 3.05) is 18.4 Å². The van der Waals surface area contributed by atoms with E-state index in [-0.39, 0.29) is 38.0 Å². The highest BCUT2D eigenvalue weighted by atomic mass is 19.1. The molecule has 3 rings (SSSR count). The topological polar surface area (TPSA) is 58.6 Å². The van der Waals surface area contributed by atoms with Gasteiger partial charge in [0.05, 0.1) is 6.54 Å². The summed E-state index contributed by atoms with van der Waals surface area (Å²) in [6.45, 7) is 0.221. The minimum absolute atomic E-state index is 0.0601. The number of nitrogens with zero attached hydrogens (tertiary/aromatic N) is 1. The monoisotopic (exact) mass is 328 g/mol. The molecule has 0 aliphatic carbocycles. The van der Waals surface area contributed by atoms with Crippen LogP contribution in [0.4, 0.5) is 10.1 Å². The number of nitrogens with one attached hydrogen (secondary N) is 1. The summed E-state index contributed by atoms with van der Waals surface area (Å²) in [4.78, 5) is 25.5. The van der Waals surface area contributed by atoms with Crippen LogP contribution in [-0.4, -0.2) is 29.9 Å². The summed E-state index contributed by atoms with van der Waals surface area (Å²) in [5.74, 6) is -1.10. The minimum Gasteiger partial charge on any atom is -0.459 e. The number of anilines is 1. The van der Waals surface area contributed by atoms with Crippen LogP contribution < -0.4 is 5.32 Å². The lowest BCUT2D eigenvalue weighted by Crippen LogP contribution is -2.37. The van der Waals surface area contributed by atoms with Crippen molar-refractivity contribution in [3.8, 4) is 0 Å². The highest BCUT2D eigenvalue weighted by Crippen LogP contribution is 2.21. The number of esters is 1. The standard InChI is InChI=1S/C18H17FN2O3/c19-15-6-7-16-14(8-15)10-21(17(22)9-20-16)11-18(23)24-12-13-4-2-1-3-5-13/h1-8,20H,9-12H2. The van der Waals surface area contributed by atoms with Crippen LogP contribution in [0.25, 0.3) is 0 Å². The molecule has 2 aromatic carbocycles. The van der Waals surface area contributed by atoms with Crippen molar-refractivity contribution >= 4 is 17.6 Å². The molecule has 0 saturated carbocycles. The predicted molar refractivity (Wildman–Crippen MR) is 86.5 cm³/mol. The van der Waals surface area contributed by atoms with Crippen LogP contribution in [0.15, 0.2) is 48.5 Å². The lowest BCUT2D eigenvalue weighted by Gasteiger charge is -2.19. The molecule has 1 aliphatic heterocycles. The Labute approximate surface area is 139 Å². The second kappa shape index (κ2) is 7.12. The molecule has 0 unspecified atom stereocenters. The summed E-state index contributed by atoms with van der Waals surface area (Å²) in [5, 5.41) is 2.95. The quantitative estimate of drug-likeness (QED) is 0.875. The van der Waals surface area contributed by atoms with Crippen molar-refractivity contribution in [3.63, 3.8) is 0 Å². The van der Waals surface area contributed by atoms with Gasteiger partial charge >= 0.3 is 5.97 Å². The maximum atomic E-state index is 13.4. The average Bonchev–Trinajstić information content (AvgIpc) is 2.73. The van der Waals surface area contributed by atoms with Gasteiger partial charge in [-0.15, -0.1) is 0 Å². The van der Waals surface area contributed by atoms with E-state index in [4.69, 9.17) is 4.74 Å². The summed E-state index contributed by atoms with van der Waals surface area (Å²) in [6.07, 6.45) is 0. The third-order valence-corrected chi connectivity index (χ3v) is 3.77. The summed E-state index contributed by atoms with van der Waals surface area (Å²) in [5.41, 5.74) is 2.21. The molecule has 6 heteroatoms. The molecule has 0 bridgehead atoms. The third-order valence-electron chi connectivity index (χ3n) is 3.77. The van der Waals surface area contributed by atoms with E-state index >= 15 is 0 Å². The van der Waals surface area contributed by atoms with E-state index in [1.165, 1.54) is 17.0 Å². The van der Waals surface area contributed by atoms with Gasteiger partial charge < -0.3 is 15.0 Å². The van der Waals surface area contributed by atoms with Crippen LogP contribution >= 0.6 is 0 Å². The first-order chi connectivity index (χ1) is 11.6. The first-order valence-electron chi connectivity index (χ1n) is 7.61. The number of halogens is 1. The lowest BCUT2D eigenvalue weighted by molar-refractivity contribution is -0.150. The van der Waals surface area contributed by atoms with Crippen molar-refractivity contribution < 1.29 is 18.7 Å². The number of fused-ring (bicyclic) bond motifs is 1. The highest BCUT2D eigenvalue weighted by Gasteiger charge is 2.23. The molecule has 0 saturated heterocycles. The smallest absolute Gasteiger partial charge is 0.325 e. The Morgan fingerprint density at radius 3 is 2.79 bits per heavy atom. The first-order valence-corrected chi connectivity index (χ1v) is 7.61. The van der Waals surface area contributed by atoms with Crippen LogP contribution in [0, 0.1) is 5.82 Å². The molecule has 1 amide bonds. The fourth-order valence-corrected chi connectivity index (χ4v) is 2.53. The van der Waals surface area contributed by atoms with E-state index < -0.39 is 5.97 Å². The van der Waals surface area contributed by atoms with E-state index in [1.807, 2.05) is 30.3 Å². The Balaban J connectivity index is 1.63. The van der Waals surface area contributed by atoms with Crippen molar-refractivity contribution in [2.45, 2.75) is 13.2 Å². The zero-order chi connectivity index (χ0) is 16.9. The summed E-state index contributed by atoms with van der Waals surface area (Å²) >= 11 is 0. The SMILES string of the molecule is O=C(CN1Cc2cc(F)ccc2NCC1=O)OCc1ccccc1. The van der Waals surface area contributed by atoms with E-state index in [9.17, 15) is 14.0 Å². The lowest BCUT2D eigenvalue weighted by atomic mass is 10.1. The molecule has 1 N–H and O–H groups in total. The molecule has 0 aromatic heterocycles. The second-order valence-electron chi connectivity index (χ2n) is 5.55. The Bertz CT molecular complexity index is 749. The minimum atomic E-state index is -0.493. The van der Waals surface area contributed by atoms with E-state index in [0.29, 0.717) is 11.3 Å². The molecule has 1 heterocycles. The number of benzene rings is 2. The Morgan fingerprint density at radius 2 is 2.00 bits per heavy atom. The van der Waals surface area contributed by atoms with Crippen LogP contribution in [0.1, 0.15) is 11.1 Å². The van der Waals surface area contributed by atoms with Gasteiger partial charge in [-0.2, -0.15) is 0 Å². The van der Waals surface area contributed by atoms with Crippen molar-refractivity contribution in [3.05, 3.63) is 65.5 Å². The van der Waals surface area contributed by atoms with Crippen LogP contribution in [0.2, 0.25) is 0 Å². The molecule has 1 aliphatic rings. The van der Waals surface area contributed by atoms with Gasteiger partial charge in [0.15, 0.2) is 0 Å². The highest BCUT2D eigenvalue weighted by molar-refractivity contribution is 5.86. The molecule has 0 atom stereocenters. The van der Waals surface area contributed by atoms with Gasteiger partial charge in [0.2, 0.25) is 5.91 Å². The molecule has 0 fully saturated rings. The first kappa shape index (κ1) is 16.0. The largest absolute Gasteiger partial charge is 0.459 e. The molecular weight excluding hydrogens is 311 g/mol. The van der Waals surface area contributed by atoms with Gasteiger partial charge in [-0.1, -0.05) is 30.3 Å². The van der Waals surface area contributed by atoms with Gasteiger partial charge in [-0.3, -0.25) is 9.59 Å². The Morgan fingerprint density at radius 1 is 1.21 bits per heavy atom. The van der Waals surface area contributed by atoms with Gasteiger partial charge in [-0.05, 0) is 29.3 Å². The van der Waals surface area contributed by atoms with Gasteiger partial charge in [-0.25, -0.2) is 4.39 Å². The fourth-order valence-electron chi connectivity index (χ4n) is 2.53. The van der Waals surface area contributed by atoms with Gasteiger partial charge in [0.1, 0.15) is 19.0 Å². The third kappa shape index (κ3) is 3.90. The predicted octanol–water partition coefficient (Wildman–Crippen LogP) is 2.32. The second-order valence-corrected chi connectivity index (χ2v) is 5.55. The summed E-state index contributed by atoms with van der Waals surface area (Å²) < 4.78 is 18.6. The molecule has 2 aromatic rings. The summed E-state index contributed by atoms with van der Waals surface area (Å²) in [7, 11) is 0. The van der Waals surface area contributed by atoms with Gasteiger partial charge in [0.25, 0.3) is 0 Å². The number of hydrogen-bond acceptors (Lipinski definition) is 4. The van der Waals surface area contributed by atoms with Crippen LogP contribution in [0.5, 0.6) is 0 Å². The molecule has 24 heavy (non-hydrogen) atoms. The number of ether oxygens (including phenoxy) is 1. The average molecular weight is 328 g/mol. The summed E-state index contributed by atoms with van der Waals surface area (Å²) in [6, 6.07) is 13.6. The zero-order valence-corrected chi connectivity index (χ0v) is 13.0.